The summed E-state index contributed by atoms with van der Waals surface area (Å²) in [6.45, 7) is 8.34. The van der Waals surface area contributed by atoms with Gasteiger partial charge in [0.15, 0.2) is 5.76 Å². The number of aromatic carboxylic acids is 1. The van der Waals surface area contributed by atoms with Gasteiger partial charge in [-0.2, -0.15) is 0 Å². The number of hydrogen-bond donors (Lipinski definition) is 2. The predicted molar refractivity (Wildman–Crippen MR) is 64.5 cm³/mol. The van der Waals surface area contributed by atoms with Gasteiger partial charge in [0.1, 0.15) is 6.26 Å². The monoisotopic (exact) mass is 251 g/mol. The molecule has 0 aromatic carbocycles. The molecule has 0 bridgehead atoms. The van der Waals surface area contributed by atoms with Gasteiger partial charge in [0, 0.05) is 12.1 Å². The van der Waals surface area contributed by atoms with Crippen LogP contribution in [0.3, 0.4) is 0 Å². The third-order valence-electron chi connectivity index (χ3n) is 4.37. The van der Waals surface area contributed by atoms with E-state index in [-0.39, 0.29) is 34.1 Å². The Kier molecular flexibility index (Phi) is 2.54. The molecule has 1 saturated carbocycles. The van der Waals surface area contributed by atoms with Gasteiger partial charge in [-0.1, -0.05) is 27.7 Å². The molecule has 0 atom stereocenters. The number of carbonyl (C=O) groups is 2. The zero-order chi connectivity index (χ0) is 13.7. The quantitative estimate of drug-likeness (QED) is 0.862. The fourth-order valence-corrected chi connectivity index (χ4v) is 2.33. The van der Waals surface area contributed by atoms with E-state index in [2.05, 4.69) is 33.0 Å². The highest BCUT2D eigenvalue weighted by atomic mass is 16.4. The van der Waals surface area contributed by atoms with Crippen LogP contribution in [0.25, 0.3) is 0 Å². The lowest BCUT2D eigenvalue weighted by Crippen LogP contribution is -2.29. The first kappa shape index (κ1) is 12.7. The van der Waals surface area contributed by atoms with Crippen molar-refractivity contribution in [1.82, 2.24) is 5.32 Å². The summed E-state index contributed by atoms with van der Waals surface area (Å²) in [7, 11) is 0. The van der Waals surface area contributed by atoms with E-state index >= 15 is 0 Å². The van der Waals surface area contributed by atoms with Crippen LogP contribution < -0.4 is 5.32 Å². The van der Waals surface area contributed by atoms with Crippen molar-refractivity contribution in [2.24, 2.45) is 10.8 Å². The molecule has 0 aliphatic heterocycles. The molecule has 0 saturated heterocycles. The van der Waals surface area contributed by atoms with Gasteiger partial charge < -0.3 is 14.8 Å². The molecule has 1 fully saturated rings. The van der Waals surface area contributed by atoms with Crippen LogP contribution >= 0.6 is 0 Å². The second-order valence-corrected chi connectivity index (χ2v) is 5.85. The van der Waals surface area contributed by atoms with E-state index in [4.69, 9.17) is 9.52 Å². The number of furan rings is 1. The summed E-state index contributed by atoms with van der Waals surface area (Å²) in [5, 5.41) is 11.6. The zero-order valence-electron chi connectivity index (χ0n) is 10.9. The van der Waals surface area contributed by atoms with E-state index in [0.717, 1.165) is 6.26 Å². The van der Waals surface area contributed by atoms with Crippen molar-refractivity contribution in [2.75, 3.05) is 0 Å². The normalized spacial score (nSPS) is 20.4. The molecule has 5 nitrogen and oxygen atoms in total. The van der Waals surface area contributed by atoms with Crippen LogP contribution in [0.1, 0.15) is 48.6 Å². The highest BCUT2D eigenvalue weighted by molar-refractivity contribution is 5.95. The van der Waals surface area contributed by atoms with E-state index in [1.54, 1.807) is 0 Å². The van der Waals surface area contributed by atoms with Crippen LogP contribution in [0.2, 0.25) is 0 Å². The van der Waals surface area contributed by atoms with E-state index in [1.807, 2.05) is 0 Å². The molecular formula is C13H17NO4. The van der Waals surface area contributed by atoms with Crippen molar-refractivity contribution in [3.8, 4) is 0 Å². The molecule has 1 amide bonds. The summed E-state index contributed by atoms with van der Waals surface area (Å²) >= 11 is 0. The Morgan fingerprint density at radius 3 is 2.22 bits per heavy atom. The molecule has 1 aliphatic carbocycles. The van der Waals surface area contributed by atoms with Crippen LogP contribution in [0.15, 0.2) is 16.7 Å². The number of amides is 1. The lowest BCUT2D eigenvalue weighted by molar-refractivity contribution is 0.0696. The second kappa shape index (κ2) is 3.60. The van der Waals surface area contributed by atoms with Crippen LogP contribution in [0, 0.1) is 10.8 Å². The predicted octanol–water partition coefficient (Wildman–Crippen LogP) is 2.14. The van der Waals surface area contributed by atoms with Gasteiger partial charge in [0.25, 0.3) is 5.91 Å². The number of rotatable bonds is 3. The Morgan fingerprint density at radius 2 is 1.83 bits per heavy atom. The summed E-state index contributed by atoms with van der Waals surface area (Å²) < 4.78 is 4.96. The average molecular weight is 251 g/mol. The van der Waals surface area contributed by atoms with Gasteiger partial charge in [-0.05, 0) is 10.8 Å². The fraction of sp³-hybridized carbons (Fsp3) is 0.538. The van der Waals surface area contributed by atoms with Gasteiger partial charge >= 0.3 is 5.97 Å². The molecule has 1 aromatic heterocycles. The molecule has 18 heavy (non-hydrogen) atoms. The number of carboxylic acid groups (broad SMARTS) is 1. The largest absolute Gasteiger partial charge is 0.478 e. The van der Waals surface area contributed by atoms with Gasteiger partial charge in [-0.25, -0.2) is 4.79 Å². The summed E-state index contributed by atoms with van der Waals surface area (Å²) in [5.74, 6) is -1.44. The first-order valence-corrected chi connectivity index (χ1v) is 5.80. The highest BCUT2D eigenvalue weighted by Crippen LogP contribution is 2.62. The molecule has 0 radical (unpaired) electrons. The molecule has 5 heteroatoms. The summed E-state index contributed by atoms with van der Waals surface area (Å²) in [6.07, 6.45) is 1.07. The molecule has 1 aromatic rings. The molecule has 2 rings (SSSR count). The zero-order valence-corrected chi connectivity index (χ0v) is 10.9. The summed E-state index contributed by atoms with van der Waals surface area (Å²) in [4.78, 5) is 22.6. The van der Waals surface area contributed by atoms with Crippen molar-refractivity contribution in [2.45, 2.75) is 33.7 Å². The standard InChI is InChI=1S/C13H17NO4/c1-12(2)11(13(12,3)4)14-9(15)8-5-7(6-18-8)10(16)17/h5-6,11H,1-4H3,(H,14,15)(H,16,17). The maximum absolute atomic E-state index is 11.9. The van der Waals surface area contributed by atoms with Gasteiger partial charge in [0.05, 0.1) is 5.56 Å². The van der Waals surface area contributed by atoms with E-state index in [0.29, 0.717) is 0 Å². The Labute approximate surface area is 105 Å². The Morgan fingerprint density at radius 1 is 1.28 bits per heavy atom. The van der Waals surface area contributed by atoms with Crippen LogP contribution in [-0.2, 0) is 0 Å². The van der Waals surface area contributed by atoms with Crippen LogP contribution in [0.4, 0.5) is 0 Å². The minimum atomic E-state index is -1.11. The molecule has 0 spiro atoms. The topological polar surface area (TPSA) is 79.5 Å². The maximum Gasteiger partial charge on any atom is 0.338 e. The lowest BCUT2D eigenvalue weighted by atomic mass is 10.0. The first-order chi connectivity index (χ1) is 8.18. The highest BCUT2D eigenvalue weighted by Gasteiger charge is 2.65. The second-order valence-electron chi connectivity index (χ2n) is 5.85. The molecule has 0 unspecified atom stereocenters. The third-order valence-corrected chi connectivity index (χ3v) is 4.37. The third kappa shape index (κ3) is 1.70. The van der Waals surface area contributed by atoms with Gasteiger partial charge in [0.2, 0.25) is 0 Å². The van der Waals surface area contributed by atoms with E-state index < -0.39 is 5.97 Å². The average Bonchev–Trinajstić information content (AvgIpc) is 2.68. The number of nitrogens with one attached hydrogen (secondary N) is 1. The van der Waals surface area contributed by atoms with Crippen molar-refractivity contribution >= 4 is 11.9 Å². The lowest BCUT2D eigenvalue weighted by Gasteiger charge is -2.03. The minimum absolute atomic E-state index is 0.0190. The Hall–Kier alpha value is -1.78. The van der Waals surface area contributed by atoms with Crippen molar-refractivity contribution in [3.05, 3.63) is 23.7 Å². The van der Waals surface area contributed by atoms with E-state index in [9.17, 15) is 9.59 Å². The first-order valence-electron chi connectivity index (χ1n) is 5.80. The number of hydrogen-bond acceptors (Lipinski definition) is 3. The summed E-state index contributed by atoms with van der Waals surface area (Å²) in [6, 6.07) is 1.30. The summed E-state index contributed by atoms with van der Waals surface area (Å²) in [5.41, 5.74) is 0.0462. The number of carboxylic acids is 1. The van der Waals surface area contributed by atoms with Crippen molar-refractivity contribution in [1.29, 1.82) is 0 Å². The van der Waals surface area contributed by atoms with Crippen LogP contribution in [-0.4, -0.2) is 23.0 Å². The molecule has 2 N–H and O–H groups in total. The number of carbonyl (C=O) groups excluding carboxylic acids is 1. The fourth-order valence-electron chi connectivity index (χ4n) is 2.33. The van der Waals surface area contributed by atoms with Gasteiger partial charge in [-0.15, -0.1) is 0 Å². The van der Waals surface area contributed by atoms with E-state index in [1.165, 1.54) is 6.07 Å². The Balaban J connectivity index is 2.08. The van der Waals surface area contributed by atoms with Crippen molar-refractivity contribution < 1.29 is 19.1 Å². The molecule has 98 valence electrons. The van der Waals surface area contributed by atoms with Gasteiger partial charge in [-0.3, -0.25) is 4.79 Å². The minimum Gasteiger partial charge on any atom is -0.478 e. The van der Waals surface area contributed by atoms with Crippen molar-refractivity contribution in [3.63, 3.8) is 0 Å². The Bertz CT molecular complexity index is 499. The van der Waals surface area contributed by atoms with Crippen LogP contribution in [0.5, 0.6) is 0 Å². The molecule has 1 heterocycles. The molecular weight excluding hydrogens is 234 g/mol. The smallest absolute Gasteiger partial charge is 0.338 e. The SMILES string of the molecule is CC1(C)C(NC(=O)c2cc(C(=O)O)co2)C1(C)C. The molecule has 1 aliphatic rings. The maximum atomic E-state index is 11.9.